The third-order valence-electron chi connectivity index (χ3n) is 12.4. The monoisotopic (exact) mass is 779 g/mol. The molecule has 54 heavy (non-hydrogen) atoms. The van der Waals surface area contributed by atoms with E-state index in [9.17, 15) is 32.4 Å². The topological polar surface area (TPSA) is 206 Å². The van der Waals surface area contributed by atoms with E-state index in [4.69, 9.17) is 5.73 Å². The van der Waals surface area contributed by atoms with Gasteiger partial charge in [-0.05, 0) is 104 Å². The zero-order valence-electron chi connectivity index (χ0n) is 33.5. The Morgan fingerprint density at radius 1 is 0.926 bits per heavy atom. The highest BCUT2D eigenvalue weighted by Crippen LogP contribution is 2.49. The quantitative estimate of drug-likeness (QED) is 0.0984. The maximum absolute atomic E-state index is 12.9. The Labute approximate surface area is 323 Å². The molecule has 308 valence electrons. The third kappa shape index (κ3) is 12.2. The van der Waals surface area contributed by atoms with Gasteiger partial charge in [-0.25, -0.2) is 13.2 Å². The van der Waals surface area contributed by atoms with Gasteiger partial charge in [-0.2, -0.15) is 0 Å². The van der Waals surface area contributed by atoms with Gasteiger partial charge >= 0.3 is 6.03 Å². The number of amides is 4. The van der Waals surface area contributed by atoms with E-state index in [1.165, 1.54) is 25.7 Å². The van der Waals surface area contributed by atoms with Gasteiger partial charge in [0.2, 0.25) is 11.7 Å². The molecule has 5 fully saturated rings. The Morgan fingerprint density at radius 3 is 2.15 bits per heavy atom. The number of rotatable bonds is 16. The number of urea groups is 1. The zero-order chi connectivity index (χ0) is 39.6. The Balaban J connectivity index is 0.000000241. The molecule has 0 radical (unpaired) electrons. The van der Waals surface area contributed by atoms with Crippen molar-refractivity contribution >= 4 is 39.2 Å². The van der Waals surface area contributed by atoms with E-state index < -0.39 is 43.9 Å². The van der Waals surface area contributed by atoms with Crippen LogP contribution >= 0.6 is 0 Å². The Kier molecular flexibility index (Phi) is 16.0. The van der Waals surface area contributed by atoms with Crippen LogP contribution in [0.15, 0.2) is 0 Å². The van der Waals surface area contributed by atoms with Gasteiger partial charge in [0, 0.05) is 17.9 Å². The van der Waals surface area contributed by atoms with Gasteiger partial charge in [0.05, 0.1) is 34.2 Å². The minimum Gasteiger partial charge on any atom is -0.347 e. The highest BCUT2D eigenvalue weighted by molar-refractivity contribution is 7.92. The van der Waals surface area contributed by atoms with Crippen LogP contribution in [-0.4, -0.2) is 91.1 Å². The van der Waals surface area contributed by atoms with Crippen LogP contribution in [-0.2, 0) is 29.0 Å². The van der Waals surface area contributed by atoms with Crippen LogP contribution in [0.4, 0.5) is 4.79 Å². The summed E-state index contributed by atoms with van der Waals surface area (Å²) in [5, 5.41) is 14.7. The van der Waals surface area contributed by atoms with Gasteiger partial charge in [0.1, 0.15) is 0 Å². The van der Waals surface area contributed by atoms with E-state index in [1.807, 2.05) is 0 Å². The molecule has 1 unspecified atom stereocenters. The van der Waals surface area contributed by atoms with E-state index in [-0.39, 0.29) is 41.0 Å². The van der Waals surface area contributed by atoms with Crippen molar-refractivity contribution in [3.05, 3.63) is 0 Å². The van der Waals surface area contributed by atoms with Crippen LogP contribution in [0.5, 0.6) is 0 Å². The number of nitrogens with two attached hydrogens (primary N) is 1. The molecule has 14 heteroatoms. The summed E-state index contributed by atoms with van der Waals surface area (Å²) < 4.78 is 24.9. The summed E-state index contributed by atoms with van der Waals surface area (Å²) in [6.07, 6.45) is 18.5. The molecule has 0 aromatic carbocycles. The number of hydrogen-bond donors (Lipinski definition) is 6. The van der Waals surface area contributed by atoms with E-state index in [0.29, 0.717) is 44.6 Å². The Hall–Kier alpha value is -2.58. The summed E-state index contributed by atoms with van der Waals surface area (Å²) in [5.74, 6) is -0.758. The third-order valence-corrected chi connectivity index (χ3v) is 15.2. The minimum atomic E-state index is -3.37. The highest BCUT2D eigenvalue weighted by atomic mass is 32.2. The lowest BCUT2D eigenvalue weighted by molar-refractivity contribution is -0.140. The van der Waals surface area contributed by atoms with Gasteiger partial charge < -0.3 is 32.3 Å². The molecule has 4 atom stereocenters. The lowest BCUT2D eigenvalue weighted by Gasteiger charge is -2.51. The summed E-state index contributed by atoms with van der Waals surface area (Å²) in [6.45, 7) is 8.56. The molecule has 13 nitrogen and oxygen atoms in total. The first kappa shape index (κ1) is 44.1. The van der Waals surface area contributed by atoms with Gasteiger partial charge in [-0.15, -0.1) is 0 Å². The fourth-order valence-electron chi connectivity index (χ4n) is 8.66. The van der Waals surface area contributed by atoms with Crippen molar-refractivity contribution in [2.45, 2.75) is 191 Å². The predicted octanol–water partition coefficient (Wildman–Crippen LogP) is 4.11. The molecule has 7 N–H and O–H groups in total. The normalized spacial score (nSPS) is 25.4. The van der Waals surface area contributed by atoms with Crippen molar-refractivity contribution in [2.24, 2.45) is 17.1 Å². The molecule has 0 bridgehead atoms. The van der Waals surface area contributed by atoms with E-state index in [1.54, 1.807) is 20.8 Å². The molecular weight excluding hydrogens is 709 g/mol. The number of carbonyl (C=O) groups excluding carboxylic acids is 5. The van der Waals surface area contributed by atoms with Crippen LogP contribution in [0.1, 0.15) is 156 Å². The number of Topliss-reactive ketones (excluding diaryl/α,β-unsaturated/α-hetero) is 2. The average molecular weight is 779 g/mol. The van der Waals surface area contributed by atoms with Crippen LogP contribution in [0.2, 0.25) is 0 Å². The first-order valence-electron chi connectivity index (χ1n) is 21.0. The largest absolute Gasteiger partial charge is 0.347 e. The first-order valence-corrected chi connectivity index (χ1v) is 22.6. The maximum atomic E-state index is 12.9. The molecule has 1 saturated heterocycles. The molecule has 5 rings (SSSR count). The molecular formula is C40H70N6O7S. The molecule has 1 spiro atoms. The minimum absolute atomic E-state index is 0.0410. The smallest absolute Gasteiger partial charge is 0.315 e. The van der Waals surface area contributed by atoms with Gasteiger partial charge in [0.25, 0.3) is 5.91 Å². The second-order valence-corrected chi connectivity index (χ2v) is 20.7. The number of sulfone groups is 1. The summed E-state index contributed by atoms with van der Waals surface area (Å²) in [7, 11) is -3.37. The lowest BCUT2D eigenvalue weighted by Crippen LogP contribution is -2.66. The second-order valence-electron chi connectivity index (χ2n) is 18.0. The van der Waals surface area contributed by atoms with Crippen molar-refractivity contribution in [3.63, 3.8) is 0 Å². The van der Waals surface area contributed by atoms with Crippen molar-refractivity contribution in [3.8, 4) is 0 Å². The lowest BCUT2D eigenvalue weighted by atomic mass is 9.56. The van der Waals surface area contributed by atoms with Gasteiger partial charge in [-0.1, -0.05) is 64.7 Å². The van der Waals surface area contributed by atoms with Gasteiger partial charge in [0.15, 0.2) is 15.6 Å². The number of nitrogens with one attached hydrogen (secondary N) is 5. The molecule has 1 heterocycles. The number of unbranched alkanes of at least 4 members (excludes halogenated alkanes) is 2. The van der Waals surface area contributed by atoms with Crippen molar-refractivity contribution in [1.29, 1.82) is 0 Å². The number of hydrogen-bond acceptors (Lipinski definition) is 9. The van der Waals surface area contributed by atoms with Crippen molar-refractivity contribution in [2.75, 3.05) is 18.8 Å². The van der Waals surface area contributed by atoms with E-state index in [0.717, 1.165) is 77.2 Å². The zero-order valence-corrected chi connectivity index (χ0v) is 34.3. The Morgan fingerprint density at radius 2 is 1.57 bits per heavy atom. The molecule has 5 aliphatic rings. The van der Waals surface area contributed by atoms with Crippen LogP contribution in [0.25, 0.3) is 0 Å². The standard InChI is InChI=1S/C21H36N2O4S.C19H34N4O3/c1-19(2,3)28(26,27)15-21(12-8-5-9-13-21)23-18(25)22-17-16(24)14-20(17)10-6-4-7-11-20;1-2-3-4-6-13-11-16(21-12-13)18(25)23-15(7-5-10-20)17(24)19(26)22-14-8-9-14/h17H,4-15H2,1-3H3,(H2,22,23,25);13-16,21H,2-12,20H2,1H3,(H,22,26)(H,23,25)/t;13-,15+,16+/m.1/s1. The predicted molar refractivity (Wildman–Crippen MR) is 210 cm³/mol. The highest BCUT2D eigenvalue weighted by Gasteiger charge is 2.54. The first-order chi connectivity index (χ1) is 25.5. The van der Waals surface area contributed by atoms with E-state index >= 15 is 0 Å². The molecule has 4 aliphatic carbocycles. The fraction of sp³-hybridized carbons (Fsp3) is 0.875. The molecule has 1 aliphatic heterocycles. The summed E-state index contributed by atoms with van der Waals surface area (Å²) >= 11 is 0. The van der Waals surface area contributed by atoms with Crippen molar-refractivity contribution in [1.82, 2.24) is 26.6 Å². The Bertz CT molecular complexity index is 1410. The van der Waals surface area contributed by atoms with Gasteiger partial charge in [-0.3, -0.25) is 19.2 Å². The number of carbonyl (C=O) groups is 5. The molecule has 0 aromatic heterocycles. The van der Waals surface area contributed by atoms with Crippen LogP contribution < -0.4 is 32.3 Å². The van der Waals surface area contributed by atoms with E-state index in [2.05, 4.69) is 33.5 Å². The second kappa shape index (κ2) is 19.5. The number of ketones is 2. The molecule has 4 saturated carbocycles. The molecule has 0 aromatic rings. The van der Waals surface area contributed by atoms with Crippen LogP contribution in [0, 0.1) is 11.3 Å². The molecule has 4 amide bonds. The maximum Gasteiger partial charge on any atom is 0.315 e. The summed E-state index contributed by atoms with van der Waals surface area (Å²) in [4.78, 5) is 62.1. The summed E-state index contributed by atoms with van der Waals surface area (Å²) in [6, 6.07) is -1.73. The van der Waals surface area contributed by atoms with Crippen molar-refractivity contribution < 1.29 is 32.4 Å². The van der Waals surface area contributed by atoms with Crippen LogP contribution in [0.3, 0.4) is 0 Å². The summed E-state index contributed by atoms with van der Waals surface area (Å²) in [5.41, 5.74) is 4.74. The SMILES string of the molecule is CC(C)(C)S(=O)(=O)CC1(NC(=O)NC2C(=O)CC23CCCCC3)CCCCC1.CCCCC[C@H]1CN[C@H](C(=O)N[C@@H](CCCN)C(=O)C(=O)NC2CC2)C1. The average Bonchev–Trinajstić information content (AvgIpc) is 3.81. The fourth-order valence-corrected chi connectivity index (χ4v) is 10.2.